The second kappa shape index (κ2) is 7.37. The van der Waals surface area contributed by atoms with Gasteiger partial charge in [-0.1, -0.05) is 6.92 Å². The van der Waals surface area contributed by atoms with Crippen LogP contribution in [0.3, 0.4) is 0 Å². The molecule has 0 saturated carbocycles. The lowest BCUT2D eigenvalue weighted by molar-refractivity contribution is 0.302. The van der Waals surface area contributed by atoms with Gasteiger partial charge in [0, 0.05) is 17.7 Å². The van der Waals surface area contributed by atoms with E-state index in [1.165, 1.54) is 30.7 Å². The second-order valence-corrected chi connectivity index (χ2v) is 7.06. The molecule has 0 aliphatic rings. The largest absolute Gasteiger partial charge is 0.490 e. The van der Waals surface area contributed by atoms with Crippen LogP contribution < -0.4 is 9.47 Å². The van der Waals surface area contributed by atoms with Crippen molar-refractivity contribution >= 4 is 32.6 Å². The standard InChI is InChI=1S/C20H15FN4O2S/c1-3-4-27-16-8-17-14(7-13(16)21)25-20(28-17)12-5-11(9-22)6-15-19(12)23-10-18(24-15)26-2/h5-8,10H,3-4H2,1-2H3. The molecule has 2 aromatic carbocycles. The summed E-state index contributed by atoms with van der Waals surface area (Å²) < 4.78 is 25.6. The van der Waals surface area contributed by atoms with E-state index in [0.717, 1.165) is 11.1 Å². The summed E-state index contributed by atoms with van der Waals surface area (Å²) in [5.41, 5.74) is 2.76. The van der Waals surface area contributed by atoms with Crippen LogP contribution in [0.25, 0.3) is 31.8 Å². The Hall–Kier alpha value is -3.31. The van der Waals surface area contributed by atoms with Crippen LogP contribution in [-0.4, -0.2) is 28.7 Å². The molecule has 0 atom stereocenters. The Kier molecular flexibility index (Phi) is 4.75. The highest BCUT2D eigenvalue weighted by Crippen LogP contribution is 2.37. The predicted molar refractivity (Wildman–Crippen MR) is 105 cm³/mol. The molecule has 0 radical (unpaired) electrons. The number of rotatable bonds is 5. The van der Waals surface area contributed by atoms with Crippen molar-refractivity contribution < 1.29 is 13.9 Å². The molecule has 4 rings (SSSR count). The van der Waals surface area contributed by atoms with Gasteiger partial charge >= 0.3 is 0 Å². The highest BCUT2D eigenvalue weighted by molar-refractivity contribution is 7.21. The van der Waals surface area contributed by atoms with Crippen molar-refractivity contribution in [3.05, 3.63) is 41.8 Å². The molecule has 2 aromatic heterocycles. The third kappa shape index (κ3) is 3.21. The zero-order chi connectivity index (χ0) is 19.7. The van der Waals surface area contributed by atoms with Gasteiger partial charge in [-0.15, -0.1) is 11.3 Å². The van der Waals surface area contributed by atoms with Crippen LogP contribution in [0.15, 0.2) is 30.5 Å². The molecular formula is C20H15FN4O2S. The lowest BCUT2D eigenvalue weighted by Gasteiger charge is -2.05. The Bertz CT molecular complexity index is 1230. The predicted octanol–water partition coefficient (Wildman–Crippen LogP) is 4.71. The quantitative estimate of drug-likeness (QED) is 0.487. The first-order valence-corrected chi connectivity index (χ1v) is 9.42. The Morgan fingerprint density at radius 1 is 1.18 bits per heavy atom. The molecule has 4 aromatic rings. The van der Waals surface area contributed by atoms with E-state index in [9.17, 15) is 9.65 Å². The topological polar surface area (TPSA) is 80.9 Å². The van der Waals surface area contributed by atoms with Crippen LogP contribution >= 0.6 is 11.3 Å². The highest BCUT2D eigenvalue weighted by Gasteiger charge is 2.16. The summed E-state index contributed by atoms with van der Waals surface area (Å²) in [4.78, 5) is 13.3. The van der Waals surface area contributed by atoms with Crippen LogP contribution in [0.5, 0.6) is 11.6 Å². The summed E-state index contributed by atoms with van der Waals surface area (Å²) in [6.07, 6.45) is 2.31. The number of hydrogen-bond acceptors (Lipinski definition) is 7. The summed E-state index contributed by atoms with van der Waals surface area (Å²) in [5.74, 6) is 0.125. The molecular weight excluding hydrogens is 379 g/mol. The van der Waals surface area contributed by atoms with Gasteiger partial charge in [-0.05, 0) is 18.6 Å². The number of methoxy groups -OCH3 is 1. The maximum Gasteiger partial charge on any atom is 0.232 e. The Morgan fingerprint density at radius 3 is 2.79 bits per heavy atom. The minimum Gasteiger partial charge on any atom is -0.490 e. The highest BCUT2D eigenvalue weighted by atomic mass is 32.1. The van der Waals surface area contributed by atoms with Gasteiger partial charge in [0.15, 0.2) is 11.6 Å². The number of ether oxygens (including phenoxy) is 2. The number of hydrogen-bond donors (Lipinski definition) is 0. The van der Waals surface area contributed by atoms with Crippen molar-refractivity contribution in [3.63, 3.8) is 0 Å². The van der Waals surface area contributed by atoms with Gasteiger partial charge in [0.25, 0.3) is 0 Å². The molecule has 2 heterocycles. The third-order valence-electron chi connectivity index (χ3n) is 4.10. The zero-order valence-electron chi connectivity index (χ0n) is 15.2. The summed E-state index contributed by atoms with van der Waals surface area (Å²) in [6.45, 7) is 2.41. The van der Waals surface area contributed by atoms with Crippen LogP contribution in [0.1, 0.15) is 18.9 Å². The number of nitrogens with zero attached hydrogens (tertiary/aromatic N) is 4. The second-order valence-electron chi connectivity index (χ2n) is 6.03. The molecule has 0 amide bonds. The minimum atomic E-state index is -0.446. The molecule has 28 heavy (non-hydrogen) atoms. The van der Waals surface area contributed by atoms with E-state index in [4.69, 9.17) is 9.47 Å². The first-order valence-electron chi connectivity index (χ1n) is 8.61. The van der Waals surface area contributed by atoms with Crippen molar-refractivity contribution in [3.8, 4) is 28.3 Å². The van der Waals surface area contributed by atoms with Crippen LogP contribution in [0.2, 0.25) is 0 Å². The Balaban J connectivity index is 1.89. The molecule has 6 nitrogen and oxygen atoms in total. The summed E-state index contributed by atoms with van der Waals surface area (Å²) in [6, 6.07) is 8.52. The number of fused-ring (bicyclic) bond motifs is 2. The summed E-state index contributed by atoms with van der Waals surface area (Å²) in [7, 11) is 1.51. The number of aromatic nitrogens is 3. The van der Waals surface area contributed by atoms with Crippen molar-refractivity contribution in [2.75, 3.05) is 13.7 Å². The lowest BCUT2D eigenvalue weighted by atomic mass is 10.1. The van der Waals surface area contributed by atoms with Gasteiger partial charge in [-0.25, -0.2) is 19.3 Å². The van der Waals surface area contributed by atoms with Gasteiger partial charge in [-0.3, -0.25) is 0 Å². The van der Waals surface area contributed by atoms with E-state index in [2.05, 4.69) is 21.0 Å². The number of halogens is 1. The molecule has 0 aliphatic heterocycles. The average Bonchev–Trinajstić information content (AvgIpc) is 3.13. The Morgan fingerprint density at radius 2 is 2.04 bits per heavy atom. The summed E-state index contributed by atoms with van der Waals surface area (Å²) in [5, 5.41) is 10.0. The van der Waals surface area contributed by atoms with E-state index in [-0.39, 0.29) is 5.75 Å². The fourth-order valence-corrected chi connectivity index (χ4v) is 3.79. The van der Waals surface area contributed by atoms with Gasteiger partial charge in [-0.2, -0.15) is 5.26 Å². The monoisotopic (exact) mass is 394 g/mol. The van der Waals surface area contributed by atoms with Crippen molar-refractivity contribution in [2.45, 2.75) is 13.3 Å². The molecule has 0 spiro atoms. The van der Waals surface area contributed by atoms with Crippen molar-refractivity contribution in [2.24, 2.45) is 0 Å². The zero-order valence-corrected chi connectivity index (χ0v) is 16.0. The van der Waals surface area contributed by atoms with Gasteiger partial charge in [0.1, 0.15) is 5.01 Å². The number of thiazole rings is 1. The molecule has 0 saturated heterocycles. The van der Waals surface area contributed by atoms with Crippen molar-refractivity contribution in [1.82, 2.24) is 15.0 Å². The first-order chi connectivity index (χ1) is 13.6. The van der Waals surface area contributed by atoms with Crippen molar-refractivity contribution in [1.29, 1.82) is 5.26 Å². The molecule has 140 valence electrons. The summed E-state index contributed by atoms with van der Waals surface area (Å²) >= 11 is 1.38. The van der Waals surface area contributed by atoms with Gasteiger partial charge < -0.3 is 9.47 Å². The smallest absolute Gasteiger partial charge is 0.232 e. The van der Waals surface area contributed by atoms with E-state index < -0.39 is 5.82 Å². The molecule has 0 aliphatic carbocycles. The molecule has 0 unspecified atom stereocenters. The minimum absolute atomic E-state index is 0.213. The van der Waals surface area contributed by atoms with E-state index >= 15 is 0 Å². The van der Waals surface area contributed by atoms with E-state index in [0.29, 0.717) is 45.2 Å². The fourth-order valence-electron chi connectivity index (χ4n) is 2.80. The first kappa shape index (κ1) is 18.1. The molecule has 8 heteroatoms. The van der Waals surface area contributed by atoms with Gasteiger partial charge in [0.2, 0.25) is 5.88 Å². The number of nitriles is 1. The number of benzene rings is 2. The van der Waals surface area contributed by atoms with Crippen LogP contribution in [-0.2, 0) is 0 Å². The Labute approximate surface area is 164 Å². The van der Waals surface area contributed by atoms with Crippen LogP contribution in [0.4, 0.5) is 4.39 Å². The maximum atomic E-state index is 14.3. The normalized spacial score (nSPS) is 10.9. The third-order valence-corrected chi connectivity index (χ3v) is 5.15. The maximum absolute atomic E-state index is 14.3. The van der Waals surface area contributed by atoms with Crippen LogP contribution in [0, 0.1) is 17.1 Å². The molecule has 0 fully saturated rings. The lowest BCUT2D eigenvalue weighted by Crippen LogP contribution is -1.97. The molecule has 0 bridgehead atoms. The van der Waals surface area contributed by atoms with E-state index in [1.54, 1.807) is 18.2 Å². The van der Waals surface area contributed by atoms with Gasteiger partial charge in [0.05, 0.1) is 52.8 Å². The SMILES string of the molecule is CCCOc1cc2sc(-c3cc(C#N)cc4nc(OC)cnc34)nc2cc1F. The van der Waals surface area contributed by atoms with E-state index in [1.807, 2.05) is 6.92 Å². The average molecular weight is 394 g/mol. The molecule has 0 N–H and O–H groups in total. The fraction of sp³-hybridized carbons (Fsp3) is 0.200.